The first-order chi connectivity index (χ1) is 4.86. The van der Waals surface area contributed by atoms with Gasteiger partial charge in [0.1, 0.15) is 0 Å². The first-order valence-electron chi connectivity index (χ1n) is 3.01. The lowest BCUT2D eigenvalue weighted by Gasteiger charge is -2.00. The van der Waals surface area contributed by atoms with Gasteiger partial charge in [-0.15, -0.1) is 0 Å². The van der Waals surface area contributed by atoms with Gasteiger partial charge in [0, 0.05) is 18.4 Å². The van der Waals surface area contributed by atoms with Gasteiger partial charge in [-0.1, -0.05) is 0 Å². The zero-order chi connectivity index (χ0) is 7.40. The van der Waals surface area contributed by atoms with Crippen LogP contribution in [-0.2, 0) is 0 Å². The Morgan fingerprint density at radius 2 is 1.60 bits per heavy atom. The van der Waals surface area contributed by atoms with Crippen molar-refractivity contribution in [3.63, 3.8) is 0 Å². The predicted octanol–water partition coefficient (Wildman–Crippen LogP) is 2.49. The molecule has 1 rings (SSSR count). The van der Waals surface area contributed by atoms with E-state index in [-0.39, 0.29) is 0 Å². The second-order valence-corrected chi connectivity index (χ2v) is 2.46. The van der Waals surface area contributed by atoms with E-state index < -0.39 is 0 Å². The Morgan fingerprint density at radius 1 is 1.10 bits per heavy atom. The first kappa shape index (κ1) is 7.65. The Labute approximate surface area is 74.5 Å². The topological polar surface area (TPSA) is 24.1 Å². The van der Waals surface area contributed by atoms with Crippen molar-refractivity contribution in [2.75, 3.05) is 15.9 Å². The zero-order valence-corrected chi connectivity index (χ0v) is 7.84. The van der Waals surface area contributed by atoms with Gasteiger partial charge in [-0.2, -0.15) is 0 Å². The maximum atomic E-state index is 3.05. The number of nitrogens with one attached hydrogen (secondary N) is 2. The minimum absolute atomic E-state index is 1.12. The lowest BCUT2D eigenvalue weighted by Crippen LogP contribution is -1.86. The van der Waals surface area contributed by atoms with Crippen molar-refractivity contribution < 1.29 is 0 Å². The minimum atomic E-state index is 1.12. The molecule has 0 spiro atoms. The van der Waals surface area contributed by atoms with Gasteiger partial charge in [-0.3, -0.25) is 0 Å². The van der Waals surface area contributed by atoms with Crippen LogP contribution < -0.4 is 8.85 Å². The summed E-state index contributed by atoms with van der Waals surface area (Å²) in [5.41, 5.74) is 2.26. The van der Waals surface area contributed by atoms with Gasteiger partial charge in [-0.25, -0.2) is 0 Å². The lowest BCUT2D eigenvalue weighted by atomic mass is 10.3. The SMILES string of the molecule is CNc1ccc(NI)cc1. The van der Waals surface area contributed by atoms with E-state index in [0.29, 0.717) is 0 Å². The third-order valence-electron chi connectivity index (χ3n) is 1.28. The van der Waals surface area contributed by atoms with E-state index in [9.17, 15) is 0 Å². The lowest BCUT2D eigenvalue weighted by molar-refractivity contribution is 1.52. The highest BCUT2D eigenvalue weighted by atomic mass is 127. The molecule has 0 heterocycles. The van der Waals surface area contributed by atoms with Crippen LogP contribution in [0.4, 0.5) is 11.4 Å². The van der Waals surface area contributed by atoms with Gasteiger partial charge < -0.3 is 8.85 Å². The molecule has 0 saturated heterocycles. The highest BCUT2D eigenvalue weighted by Crippen LogP contribution is 2.13. The molecule has 0 unspecified atom stereocenters. The van der Waals surface area contributed by atoms with Gasteiger partial charge >= 0.3 is 0 Å². The fraction of sp³-hybridized carbons (Fsp3) is 0.143. The number of rotatable bonds is 2. The molecule has 0 bridgehead atoms. The quantitative estimate of drug-likeness (QED) is 0.620. The van der Waals surface area contributed by atoms with Crippen LogP contribution in [-0.4, -0.2) is 7.05 Å². The van der Waals surface area contributed by atoms with Crippen LogP contribution in [0.1, 0.15) is 0 Å². The van der Waals surface area contributed by atoms with Gasteiger partial charge in [0.15, 0.2) is 0 Å². The molecular formula is C7H9IN2. The standard InChI is InChI=1S/C7H9IN2/c1-9-6-2-4-7(10-8)5-3-6/h2-5,9-10H,1H3. The predicted molar refractivity (Wildman–Crippen MR) is 53.6 cm³/mol. The van der Waals surface area contributed by atoms with Crippen molar-refractivity contribution >= 4 is 34.2 Å². The summed E-state index contributed by atoms with van der Waals surface area (Å²) in [4.78, 5) is 0. The normalized spacial score (nSPS) is 9.00. The van der Waals surface area contributed by atoms with Crippen molar-refractivity contribution in [3.05, 3.63) is 24.3 Å². The van der Waals surface area contributed by atoms with Crippen LogP contribution in [0.3, 0.4) is 0 Å². The van der Waals surface area contributed by atoms with Gasteiger partial charge in [0.2, 0.25) is 0 Å². The maximum Gasteiger partial charge on any atom is 0.0560 e. The fourth-order valence-corrected chi connectivity index (χ4v) is 1.06. The van der Waals surface area contributed by atoms with Crippen LogP contribution >= 0.6 is 22.9 Å². The van der Waals surface area contributed by atoms with E-state index in [0.717, 1.165) is 11.4 Å². The number of benzene rings is 1. The zero-order valence-electron chi connectivity index (χ0n) is 5.69. The van der Waals surface area contributed by atoms with Crippen molar-refractivity contribution in [2.24, 2.45) is 0 Å². The molecule has 0 saturated carbocycles. The molecule has 0 atom stereocenters. The van der Waals surface area contributed by atoms with Crippen LogP contribution in [0.25, 0.3) is 0 Å². The van der Waals surface area contributed by atoms with Crippen LogP contribution in [0.2, 0.25) is 0 Å². The molecule has 0 aliphatic carbocycles. The first-order valence-corrected chi connectivity index (χ1v) is 4.09. The third kappa shape index (κ3) is 1.76. The molecule has 0 aliphatic rings. The van der Waals surface area contributed by atoms with E-state index in [1.54, 1.807) is 0 Å². The molecule has 54 valence electrons. The van der Waals surface area contributed by atoms with E-state index in [1.165, 1.54) is 0 Å². The molecule has 0 amide bonds. The van der Waals surface area contributed by atoms with Crippen molar-refractivity contribution in [3.8, 4) is 0 Å². The summed E-state index contributed by atoms with van der Waals surface area (Å²) < 4.78 is 3.02. The molecule has 2 nitrogen and oxygen atoms in total. The molecule has 0 aromatic heterocycles. The fourth-order valence-electron chi connectivity index (χ4n) is 0.700. The molecule has 10 heavy (non-hydrogen) atoms. The number of anilines is 2. The minimum Gasteiger partial charge on any atom is -0.388 e. The largest absolute Gasteiger partial charge is 0.388 e. The number of halogens is 1. The summed E-state index contributed by atoms with van der Waals surface area (Å²) in [5.74, 6) is 0. The highest BCUT2D eigenvalue weighted by Gasteiger charge is 1.87. The summed E-state index contributed by atoms with van der Waals surface area (Å²) in [7, 11) is 1.91. The van der Waals surface area contributed by atoms with Gasteiger partial charge in [0.05, 0.1) is 22.9 Å². The summed E-state index contributed by atoms with van der Waals surface area (Å²) in [6.07, 6.45) is 0. The number of hydrogen-bond acceptors (Lipinski definition) is 2. The molecular weight excluding hydrogens is 239 g/mol. The molecule has 1 aromatic carbocycles. The van der Waals surface area contributed by atoms with Crippen LogP contribution in [0.15, 0.2) is 24.3 Å². The average molecular weight is 248 g/mol. The van der Waals surface area contributed by atoms with E-state index in [1.807, 2.05) is 31.3 Å². The highest BCUT2D eigenvalue weighted by molar-refractivity contribution is 14.1. The monoisotopic (exact) mass is 248 g/mol. The molecule has 3 heteroatoms. The second kappa shape index (κ2) is 3.65. The van der Waals surface area contributed by atoms with E-state index in [4.69, 9.17) is 0 Å². The van der Waals surface area contributed by atoms with Crippen LogP contribution in [0.5, 0.6) is 0 Å². The van der Waals surface area contributed by atoms with E-state index >= 15 is 0 Å². The van der Waals surface area contributed by atoms with Gasteiger partial charge in [-0.05, 0) is 24.3 Å². The van der Waals surface area contributed by atoms with Crippen molar-refractivity contribution in [1.29, 1.82) is 0 Å². The third-order valence-corrected chi connectivity index (χ3v) is 1.91. The van der Waals surface area contributed by atoms with Crippen molar-refractivity contribution in [2.45, 2.75) is 0 Å². The van der Waals surface area contributed by atoms with Crippen molar-refractivity contribution in [1.82, 2.24) is 0 Å². The molecule has 0 aliphatic heterocycles. The number of hydrogen-bond donors (Lipinski definition) is 2. The van der Waals surface area contributed by atoms with Gasteiger partial charge in [0.25, 0.3) is 0 Å². The Morgan fingerprint density at radius 3 is 2.00 bits per heavy atom. The Kier molecular flexibility index (Phi) is 2.80. The Bertz CT molecular complexity index is 172. The van der Waals surface area contributed by atoms with E-state index in [2.05, 4.69) is 31.7 Å². The maximum absolute atomic E-state index is 3.05. The average Bonchev–Trinajstić information content (AvgIpc) is 2.05. The smallest absolute Gasteiger partial charge is 0.0560 e. The summed E-state index contributed by atoms with van der Waals surface area (Å²) >= 11 is 2.11. The summed E-state index contributed by atoms with van der Waals surface area (Å²) in [6, 6.07) is 8.11. The molecule has 1 aromatic rings. The summed E-state index contributed by atoms with van der Waals surface area (Å²) in [5, 5.41) is 3.05. The molecule has 0 fully saturated rings. The Balaban J connectivity index is 2.80. The Hall–Kier alpha value is -0.450. The molecule has 0 radical (unpaired) electrons. The van der Waals surface area contributed by atoms with Crippen LogP contribution in [0, 0.1) is 0 Å². The molecule has 2 N–H and O–H groups in total. The summed E-state index contributed by atoms with van der Waals surface area (Å²) in [6.45, 7) is 0. The second-order valence-electron chi connectivity index (χ2n) is 1.92.